The van der Waals surface area contributed by atoms with Crippen LogP contribution in [0, 0.1) is 0 Å². The summed E-state index contributed by atoms with van der Waals surface area (Å²) in [6.07, 6.45) is 0. The van der Waals surface area contributed by atoms with Gasteiger partial charge in [-0.25, -0.2) is 0 Å². The van der Waals surface area contributed by atoms with E-state index in [-0.39, 0.29) is 5.41 Å². The van der Waals surface area contributed by atoms with Gasteiger partial charge in [0.2, 0.25) is 0 Å². The normalized spacial score (nSPS) is 12.9. The third-order valence-corrected chi connectivity index (χ3v) is 7.34. The van der Waals surface area contributed by atoms with Gasteiger partial charge < -0.3 is 14.6 Å². The molecular formula is C33H27BNO2. The first-order chi connectivity index (χ1) is 18.1. The molecule has 0 spiro atoms. The molecule has 37 heavy (non-hydrogen) atoms. The van der Waals surface area contributed by atoms with E-state index < -0.39 is 0 Å². The second-order valence-corrected chi connectivity index (χ2v) is 9.87. The van der Waals surface area contributed by atoms with Gasteiger partial charge in [0.1, 0.15) is 5.75 Å². The van der Waals surface area contributed by atoms with Gasteiger partial charge in [-0.2, -0.15) is 0 Å². The third kappa shape index (κ3) is 4.10. The van der Waals surface area contributed by atoms with Crippen molar-refractivity contribution in [3.8, 4) is 28.0 Å². The molecule has 0 unspecified atom stereocenters. The summed E-state index contributed by atoms with van der Waals surface area (Å²) in [5.41, 5.74) is 10.8. The van der Waals surface area contributed by atoms with Crippen LogP contribution in [0.1, 0.15) is 25.0 Å². The fraction of sp³-hybridized carbons (Fsp3) is 0.0909. The smallest absolute Gasteiger partial charge is 0.537 e. The minimum absolute atomic E-state index is 0.0353. The lowest BCUT2D eigenvalue weighted by molar-refractivity contribution is 0.454. The molecule has 0 aliphatic heterocycles. The van der Waals surface area contributed by atoms with Gasteiger partial charge in [0, 0.05) is 22.5 Å². The number of hydrogen-bond acceptors (Lipinski definition) is 3. The molecule has 5 aromatic carbocycles. The van der Waals surface area contributed by atoms with Crippen molar-refractivity contribution in [1.29, 1.82) is 0 Å². The van der Waals surface area contributed by atoms with Gasteiger partial charge in [-0.3, -0.25) is 0 Å². The Morgan fingerprint density at radius 2 is 1.16 bits per heavy atom. The Hall–Kier alpha value is -4.28. The van der Waals surface area contributed by atoms with Gasteiger partial charge in [-0.1, -0.05) is 86.6 Å². The predicted octanol–water partition coefficient (Wildman–Crippen LogP) is 8.04. The Labute approximate surface area is 218 Å². The first kappa shape index (κ1) is 23.1. The second kappa shape index (κ2) is 9.31. The first-order valence-corrected chi connectivity index (χ1v) is 12.5. The highest BCUT2D eigenvalue weighted by Gasteiger charge is 2.35. The standard InChI is InChI=1S/C33H27BNO2/c1-33(2)31-11-7-6-10-29(31)30-22-27(18-21-32(30)33)35(26-16-19-28(20-17-26)37-34-36)25-14-12-24(13-15-25)23-8-4-3-5-9-23/h3-22,36H,1-2H3. The number of benzene rings is 5. The zero-order valence-corrected chi connectivity index (χ0v) is 20.9. The van der Waals surface area contributed by atoms with E-state index in [0.29, 0.717) is 13.4 Å². The second-order valence-electron chi connectivity index (χ2n) is 9.87. The molecule has 0 saturated heterocycles. The molecule has 0 bridgehead atoms. The topological polar surface area (TPSA) is 32.7 Å². The maximum absolute atomic E-state index is 9.03. The zero-order valence-electron chi connectivity index (χ0n) is 20.9. The quantitative estimate of drug-likeness (QED) is 0.250. The SMILES string of the molecule is CC1(C)c2ccccc2-c2cc(N(c3ccc(O[B]O)cc3)c3ccc(-c4ccccc4)cc3)ccc21. The van der Waals surface area contributed by atoms with Crippen molar-refractivity contribution >= 4 is 24.7 Å². The maximum Gasteiger partial charge on any atom is 0.569 e. The van der Waals surface area contributed by atoms with E-state index in [0.717, 1.165) is 17.1 Å². The van der Waals surface area contributed by atoms with Crippen molar-refractivity contribution in [2.75, 3.05) is 4.90 Å². The third-order valence-electron chi connectivity index (χ3n) is 7.34. The molecule has 1 radical (unpaired) electrons. The molecule has 1 aliphatic carbocycles. The Bertz CT molecular complexity index is 1540. The molecule has 0 fully saturated rings. The number of hydrogen-bond donors (Lipinski definition) is 1. The fourth-order valence-corrected chi connectivity index (χ4v) is 5.46. The van der Waals surface area contributed by atoms with Gasteiger partial charge >= 0.3 is 7.69 Å². The largest absolute Gasteiger partial charge is 0.569 e. The van der Waals surface area contributed by atoms with Crippen molar-refractivity contribution in [3.05, 3.63) is 132 Å². The Balaban J connectivity index is 1.47. The van der Waals surface area contributed by atoms with Crippen LogP contribution in [-0.4, -0.2) is 12.7 Å². The molecular weight excluding hydrogens is 453 g/mol. The van der Waals surface area contributed by atoms with E-state index in [4.69, 9.17) is 9.68 Å². The lowest BCUT2D eigenvalue weighted by atomic mass is 9.82. The molecule has 0 saturated carbocycles. The van der Waals surface area contributed by atoms with E-state index in [9.17, 15) is 0 Å². The molecule has 3 nitrogen and oxygen atoms in total. The summed E-state index contributed by atoms with van der Waals surface area (Å²) in [5.74, 6) is 0.579. The number of anilines is 3. The molecule has 0 amide bonds. The number of rotatable bonds is 6. The predicted molar refractivity (Wildman–Crippen MR) is 153 cm³/mol. The molecule has 5 aromatic rings. The van der Waals surface area contributed by atoms with Gasteiger partial charge in [0.15, 0.2) is 0 Å². The average Bonchev–Trinajstić information content (AvgIpc) is 3.17. The summed E-state index contributed by atoms with van der Waals surface area (Å²) in [7, 11) is 0.703. The summed E-state index contributed by atoms with van der Waals surface area (Å²) in [4.78, 5) is 2.26. The molecule has 6 rings (SSSR count). The van der Waals surface area contributed by atoms with Gasteiger partial charge in [-0.05, 0) is 81.9 Å². The Morgan fingerprint density at radius 1 is 0.595 bits per heavy atom. The molecule has 0 aromatic heterocycles. The van der Waals surface area contributed by atoms with Crippen LogP contribution in [0.2, 0.25) is 0 Å². The van der Waals surface area contributed by atoms with Crippen LogP contribution in [0.3, 0.4) is 0 Å². The number of nitrogens with zero attached hydrogens (tertiary/aromatic N) is 1. The van der Waals surface area contributed by atoms with Crippen molar-refractivity contribution in [3.63, 3.8) is 0 Å². The monoisotopic (exact) mass is 480 g/mol. The average molecular weight is 480 g/mol. The van der Waals surface area contributed by atoms with Crippen molar-refractivity contribution in [2.24, 2.45) is 0 Å². The van der Waals surface area contributed by atoms with Crippen LogP contribution >= 0.6 is 0 Å². The van der Waals surface area contributed by atoms with Crippen LogP contribution in [0.4, 0.5) is 17.1 Å². The summed E-state index contributed by atoms with van der Waals surface area (Å²) in [6, 6.07) is 42.3. The first-order valence-electron chi connectivity index (χ1n) is 12.5. The van der Waals surface area contributed by atoms with Crippen molar-refractivity contribution in [1.82, 2.24) is 0 Å². The van der Waals surface area contributed by atoms with Crippen molar-refractivity contribution < 1.29 is 9.68 Å². The molecule has 4 heteroatoms. The molecule has 1 aliphatic rings. The highest BCUT2D eigenvalue weighted by atomic mass is 16.5. The van der Waals surface area contributed by atoms with E-state index in [1.807, 2.05) is 30.3 Å². The van der Waals surface area contributed by atoms with Crippen LogP contribution in [0.5, 0.6) is 5.75 Å². The molecule has 0 heterocycles. The van der Waals surface area contributed by atoms with E-state index in [1.165, 1.54) is 33.4 Å². The van der Waals surface area contributed by atoms with E-state index >= 15 is 0 Å². The minimum atomic E-state index is -0.0353. The van der Waals surface area contributed by atoms with Crippen molar-refractivity contribution in [2.45, 2.75) is 19.3 Å². The van der Waals surface area contributed by atoms with Crippen LogP contribution in [0.15, 0.2) is 121 Å². The van der Waals surface area contributed by atoms with E-state index in [2.05, 4.69) is 110 Å². The number of fused-ring (bicyclic) bond motifs is 3. The highest BCUT2D eigenvalue weighted by Crippen LogP contribution is 2.50. The Kier molecular flexibility index (Phi) is 5.82. The maximum atomic E-state index is 9.03. The molecule has 0 atom stereocenters. The molecule has 179 valence electrons. The summed E-state index contributed by atoms with van der Waals surface area (Å²) >= 11 is 0. The summed E-state index contributed by atoms with van der Waals surface area (Å²) in [6.45, 7) is 4.60. The van der Waals surface area contributed by atoms with Gasteiger partial charge in [-0.15, -0.1) is 0 Å². The zero-order chi connectivity index (χ0) is 25.4. The summed E-state index contributed by atoms with van der Waals surface area (Å²) in [5, 5.41) is 9.03. The minimum Gasteiger partial charge on any atom is -0.537 e. The van der Waals surface area contributed by atoms with Gasteiger partial charge in [0.05, 0.1) is 0 Å². The van der Waals surface area contributed by atoms with E-state index in [1.54, 1.807) is 0 Å². The van der Waals surface area contributed by atoms with Crippen LogP contribution < -0.4 is 9.55 Å². The fourth-order valence-electron chi connectivity index (χ4n) is 5.46. The lowest BCUT2D eigenvalue weighted by Crippen LogP contribution is -2.15. The van der Waals surface area contributed by atoms with Gasteiger partial charge in [0.25, 0.3) is 0 Å². The highest BCUT2D eigenvalue weighted by molar-refractivity contribution is 6.17. The molecule has 1 N–H and O–H groups in total. The van der Waals surface area contributed by atoms with Crippen LogP contribution in [-0.2, 0) is 5.41 Å². The Morgan fingerprint density at radius 3 is 1.86 bits per heavy atom. The lowest BCUT2D eigenvalue weighted by Gasteiger charge is -2.27. The van der Waals surface area contributed by atoms with Crippen LogP contribution in [0.25, 0.3) is 22.3 Å². The summed E-state index contributed by atoms with van der Waals surface area (Å²) < 4.78 is 5.15.